The van der Waals surface area contributed by atoms with Crippen LogP contribution in [0.15, 0.2) is 24.3 Å². The van der Waals surface area contributed by atoms with E-state index in [-0.39, 0.29) is 11.3 Å². The Hall–Kier alpha value is -1.35. The van der Waals surface area contributed by atoms with Crippen molar-refractivity contribution in [3.63, 3.8) is 0 Å². The second kappa shape index (κ2) is 6.27. The predicted molar refractivity (Wildman–Crippen MR) is 94.8 cm³/mol. The van der Waals surface area contributed by atoms with Crippen LogP contribution in [0.25, 0.3) is 0 Å². The minimum atomic E-state index is 0.133. The molecule has 0 atom stereocenters. The molecule has 0 bridgehead atoms. The van der Waals surface area contributed by atoms with E-state index >= 15 is 0 Å². The maximum absolute atomic E-state index is 12.7. The molecule has 1 aromatic carbocycles. The Morgan fingerprint density at radius 1 is 1.00 bits per heavy atom. The molecule has 3 heteroatoms. The van der Waals surface area contributed by atoms with Crippen molar-refractivity contribution in [2.75, 3.05) is 26.2 Å². The number of rotatable bonds is 1. The van der Waals surface area contributed by atoms with Crippen LogP contribution in [0.1, 0.15) is 62.4 Å². The highest BCUT2D eigenvalue weighted by atomic mass is 16.2. The second-order valence-electron chi connectivity index (χ2n) is 8.37. The Morgan fingerprint density at radius 3 is 2.09 bits per heavy atom. The summed E-state index contributed by atoms with van der Waals surface area (Å²) in [5.74, 6) is 0.203. The first-order chi connectivity index (χ1) is 10.9. The maximum Gasteiger partial charge on any atom is 0.253 e. The third kappa shape index (κ3) is 3.60. The highest BCUT2D eigenvalue weighted by Crippen LogP contribution is 2.39. The van der Waals surface area contributed by atoms with Crippen molar-refractivity contribution in [1.29, 1.82) is 0 Å². The third-order valence-corrected chi connectivity index (χ3v) is 5.77. The molecule has 3 nitrogen and oxygen atoms in total. The number of nitrogens with one attached hydrogen (secondary N) is 1. The molecule has 1 spiro atoms. The predicted octanol–water partition coefficient (Wildman–Crippen LogP) is 3.59. The molecule has 0 saturated carbocycles. The zero-order valence-corrected chi connectivity index (χ0v) is 14.8. The smallest absolute Gasteiger partial charge is 0.253 e. The van der Waals surface area contributed by atoms with Crippen LogP contribution in [0.3, 0.4) is 0 Å². The molecule has 1 N–H and O–H groups in total. The first-order valence-electron chi connectivity index (χ1n) is 9.00. The number of hydrogen-bond donors (Lipinski definition) is 1. The van der Waals surface area contributed by atoms with Crippen LogP contribution >= 0.6 is 0 Å². The van der Waals surface area contributed by atoms with Gasteiger partial charge in [0.25, 0.3) is 5.91 Å². The summed E-state index contributed by atoms with van der Waals surface area (Å²) in [5, 5.41) is 3.45. The van der Waals surface area contributed by atoms with E-state index in [1.165, 1.54) is 31.2 Å². The van der Waals surface area contributed by atoms with Gasteiger partial charge in [-0.05, 0) is 67.3 Å². The number of piperidine rings is 2. The summed E-state index contributed by atoms with van der Waals surface area (Å²) in [4.78, 5) is 14.8. The number of amides is 1. The van der Waals surface area contributed by atoms with E-state index in [2.05, 4.69) is 43.1 Å². The van der Waals surface area contributed by atoms with E-state index in [0.29, 0.717) is 5.41 Å². The average Bonchev–Trinajstić information content (AvgIpc) is 2.55. The lowest BCUT2D eigenvalue weighted by Gasteiger charge is -2.44. The fraction of sp³-hybridized carbons (Fsp3) is 0.650. The molecule has 126 valence electrons. The van der Waals surface area contributed by atoms with Gasteiger partial charge in [-0.1, -0.05) is 32.9 Å². The van der Waals surface area contributed by atoms with Gasteiger partial charge < -0.3 is 10.2 Å². The largest absolute Gasteiger partial charge is 0.339 e. The molecule has 2 saturated heterocycles. The summed E-state index contributed by atoms with van der Waals surface area (Å²) in [7, 11) is 0. The molecular weight excluding hydrogens is 284 g/mol. The summed E-state index contributed by atoms with van der Waals surface area (Å²) in [5.41, 5.74) is 2.74. The van der Waals surface area contributed by atoms with Gasteiger partial charge in [-0.25, -0.2) is 0 Å². The standard InChI is InChI=1S/C20H30N2O/c1-19(2,3)17-6-4-16(5-7-17)18(23)22-14-10-20(11-15-22)8-12-21-13-9-20/h4-7,21H,8-15H2,1-3H3. The second-order valence-corrected chi connectivity index (χ2v) is 8.37. The number of carbonyl (C=O) groups excluding carboxylic acids is 1. The van der Waals surface area contributed by atoms with Crippen LogP contribution < -0.4 is 5.32 Å². The van der Waals surface area contributed by atoms with Crippen molar-refractivity contribution in [2.24, 2.45) is 5.41 Å². The van der Waals surface area contributed by atoms with Crippen molar-refractivity contribution in [1.82, 2.24) is 10.2 Å². The average molecular weight is 314 g/mol. The first kappa shape index (κ1) is 16.5. The Morgan fingerprint density at radius 2 is 1.57 bits per heavy atom. The van der Waals surface area contributed by atoms with Gasteiger partial charge >= 0.3 is 0 Å². The van der Waals surface area contributed by atoms with Crippen molar-refractivity contribution in [3.8, 4) is 0 Å². The van der Waals surface area contributed by atoms with Crippen LogP contribution in [0.5, 0.6) is 0 Å². The Labute approximate surface area is 140 Å². The fourth-order valence-electron chi connectivity index (χ4n) is 3.94. The van der Waals surface area contributed by atoms with Crippen LogP contribution in [-0.2, 0) is 5.41 Å². The lowest BCUT2D eigenvalue weighted by atomic mass is 9.71. The monoisotopic (exact) mass is 314 g/mol. The molecule has 2 fully saturated rings. The van der Waals surface area contributed by atoms with Crippen molar-refractivity contribution < 1.29 is 4.79 Å². The zero-order valence-electron chi connectivity index (χ0n) is 14.8. The van der Waals surface area contributed by atoms with Gasteiger partial charge in [0.05, 0.1) is 0 Å². The molecule has 0 radical (unpaired) electrons. The first-order valence-corrected chi connectivity index (χ1v) is 9.00. The number of likely N-dealkylation sites (tertiary alicyclic amines) is 1. The van der Waals surface area contributed by atoms with Gasteiger partial charge in [-0.3, -0.25) is 4.79 Å². The van der Waals surface area contributed by atoms with Gasteiger partial charge in [0.1, 0.15) is 0 Å². The molecule has 0 aliphatic carbocycles. The number of carbonyl (C=O) groups is 1. The number of nitrogens with zero attached hydrogens (tertiary/aromatic N) is 1. The number of hydrogen-bond acceptors (Lipinski definition) is 2. The van der Waals surface area contributed by atoms with Gasteiger partial charge in [0.2, 0.25) is 0 Å². The lowest BCUT2D eigenvalue weighted by Crippen LogP contribution is -2.47. The van der Waals surface area contributed by atoms with Crippen LogP contribution in [-0.4, -0.2) is 37.0 Å². The summed E-state index contributed by atoms with van der Waals surface area (Å²) >= 11 is 0. The lowest BCUT2D eigenvalue weighted by molar-refractivity contribution is 0.0495. The molecule has 2 heterocycles. The Kier molecular flexibility index (Phi) is 4.50. The molecular formula is C20H30N2O. The molecule has 2 aliphatic heterocycles. The normalized spacial score (nSPS) is 21.4. The van der Waals surface area contributed by atoms with Crippen molar-refractivity contribution >= 4 is 5.91 Å². The van der Waals surface area contributed by atoms with E-state index < -0.39 is 0 Å². The zero-order chi connectivity index (χ0) is 16.5. The highest BCUT2D eigenvalue weighted by molar-refractivity contribution is 5.94. The molecule has 2 aliphatic rings. The maximum atomic E-state index is 12.7. The van der Waals surface area contributed by atoms with Crippen LogP contribution in [0, 0.1) is 5.41 Å². The van der Waals surface area contributed by atoms with E-state index in [4.69, 9.17) is 0 Å². The molecule has 1 aromatic rings. The van der Waals surface area contributed by atoms with Crippen molar-refractivity contribution in [3.05, 3.63) is 35.4 Å². The van der Waals surface area contributed by atoms with E-state index in [0.717, 1.165) is 31.7 Å². The quantitative estimate of drug-likeness (QED) is 0.859. The molecule has 23 heavy (non-hydrogen) atoms. The number of benzene rings is 1. The highest BCUT2D eigenvalue weighted by Gasteiger charge is 2.36. The minimum absolute atomic E-state index is 0.133. The van der Waals surface area contributed by atoms with Crippen molar-refractivity contribution in [2.45, 2.75) is 51.9 Å². The molecule has 3 rings (SSSR count). The van der Waals surface area contributed by atoms with Gasteiger partial charge in [-0.15, -0.1) is 0 Å². The van der Waals surface area contributed by atoms with E-state index in [9.17, 15) is 4.79 Å². The molecule has 0 aromatic heterocycles. The van der Waals surface area contributed by atoms with Gasteiger partial charge in [0, 0.05) is 18.7 Å². The Balaban J connectivity index is 1.63. The topological polar surface area (TPSA) is 32.3 Å². The molecule has 0 unspecified atom stereocenters. The van der Waals surface area contributed by atoms with E-state index in [1.54, 1.807) is 0 Å². The SMILES string of the molecule is CC(C)(C)c1ccc(C(=O)N2CCC3(CCNCC3)CC2)cc1. The van der Waals surface area contributed by atoms with Crippen LogP contribution in [0.2, 0.25) is 0 Å². The van der Waals surface area contributed by atoms with Crippen LogP contribution in [0.4, 0.5) is 0 Å². The summed E-state index contributed by atoms with van der Waals surface area (Å²) < 4.78 is 0. The van der Waals surface area contributed by atoms with Gasteiger partial charge in [0.15, 0.2) is 0 Å². The summed E-state index contributed by atoms with van der Waals surface area (Å²) in [6.07, 6.45) is 4.88. The Bertz CT molecular complexity index is 540. The molecule has 1 amide bonds. The fourth-order valence-corrected chi connectivity index (χ4v) is 3.94. The summed E-state index contributed by atoms with van der Waals surface area (Å²) in [6.45, 7) is 10.7. The summed E-state index contributed by atoms with van der Waals surface area (Å²) in [6, 6.07) is 8.20. The third-order valence-electron chi connectivity index (χ3n) is 5.77. The van der Waals surface area contributed by atoms with Gasteiger partial charge in [-0.2, -0.15) is 0 Å². The minimum Gasteiger partial charge on any atom is -0.339 e. The van der Waals surface area contributed by atoms with E-state index in [1.807, 2.05) is 12.1 Å².